The number of anilines is 2. The quantitative estimate of drug-likeness (QED) is 0.188. The molecule has 5 N–H and O–H groups in total. The van der Waals surface area contributed by atoms with Gasteiger partial charge in [0.05, 0.1) is 12.9 Å². The molecule has 2 fully saturated rings. The van der Waals surface area contributed by atoms with Gasteiger partial charge in [0.2, 0.25) is 5.28 Å². The van der Waals surface area contributed by atoms with Crippen molar-refractivity contribution in [2.75, 3.05) is 24.0 Å². The van der Waals surface area contributed by atoms with Gasteiger partial charge in [-0.15, -0.1) is 0 Å². The van der Waals surface area contributed by atoms with Crippen molar-refractivity contribution in [1.29, 1.82) is 0 Å². The number of nitrogens with zero attached hydrogens (tertiary/aromatic N) is 5. The molecule has 0 amide bonds. The molecule has 1 aromatic carbocycles. The smallest absolute Gasteiger partial charge is 0.340 e. The first-order valence-electron chi connectivity index (χ1n) is 12.8. The van der Waals surface area contributed by atoms with Crippen LogP contribution < -0.4 is 4.90 Å². The highest BCUT2D eigenvalue weighted by molar-refractivity contribution is 7.70. The summed E-state index contributed by atoms with van der Waals surface area (Å²) in [6.07, 6.45) is -0.873. The SMILES string of the molecule is O=P(O)(O)CP(=O)(O)OCC1OC(n2cnc3c(N4CC5(CCCC5)c5c(F)cccc54)nc(Cl)nc32)C(O)C1O. The molecule has 41 heavy (non-hydrogen) atoms. The molecule has 2 aromatic heterocycles. The fourth-order valence-corrected chi connectivity index (χ4v) is 8.92. The number of halogens is 2. The monoisotopic (exact) mass is 633 g/mol. The van der Waals surface area contributed by atoms with Crippen molar-refractivity contribution in [2.24, 2.45) is 0 Å². The summed E-state index contributed by atoms with van der Waals surface area (Å²) in [7, 11) is -9.59. The minimum atomic E-state index is -4.86. The van der Waals surface area contributed by atoms with Crippen molar-refractivity contribution in [2.45, 2.75) is 55.6 Å². The number of hydrogen-bond acceptors (Lipinski definition) is 10. The van der Waals surface area contributed by atoms with Gasteiger partial charge in [0.15, 0.2) is 29.1 Å². The Labute approximate surface area is 237 Å². The molecule has 3 aromatic rings. The van der Waals surface area contributed by atoms with Crippen LogP contribution in [-0.2, 0) is 23.8 Å². The molecule has 0 bridgehead atoms. The van der Waals surface area contributed by atoms with E-state index < -0.39 is 52.2 Å². The number of aromatic nitrogens is 4. The lowest BCUT2D eigenvalue weighted by Crippen LogP contribution is -2.33. The molecule has 2 aliphatic heterocycles. The van der Waals surface area contributed by atoms with Gasteiger partial charge in [0, 0.05) is 23.2 Å². The van der Waals surface area contributed by atoms with Gasteiger partial charge in [-0.25, -0.2) is 9.37 Å². The summed E-state index contributed by atoms with van der Waals surface area (Å²) in [6, 6.07) is 4.90. The second-order valence-corrected chi connectivity index (χ2v) is 15.0. The number of fused-ring (bicyclic) bond motifs is 3. The summed E-state index contributed by atoms with van der Waals surface area (Å²) in [5, 5.41) is 21.2. The van der Waals surface area contributed by atoms with Gasteiger partial charge in [-0.2, -0.15) is 9.97 Å². The molecule has 18 heteroatoms. The number of rotatable bonds is 7. The lowest BCUT2D eigenvalue weighted by molar-refractivity contribution is -0.0483. The number of hydrogen-bond donors (Lipinski definition) is 5. The van der Waals surface area contributed by atoms with Crippen LogP contribution in [0.15, 0.2) is 24.5 Å². The Morgan fingerprint density at radius 2 is 1.88 bits per heavy atom. The second kappa shape index (κ2) is 10.3. The highest BCUT2D eigenvalue weighted by Crippen LogP contribution is 2.56. The Bertz CT molecular complexity index is 1600. The number of ether oxygens (including phenoxy) is 1. The maximum atomic E-state index is 15.2. The summed E-state index contributed by atoms with van der Waals surface area (Å²) in [4.78, 5) is 42.7. The predicted octanol–water partition coefficient (Wildman–Crippen LogP) is 2.54. The molecule has 14 nitrogen and oxygen atoms in total. The summed E-state index contributed by atoms with van der Waals surface area (Å²) >= 11 is 6.33. The maximum absolute atomic E-state index is 15.2. The summed E-state index contributed by atoms with van der Waals surface area (Å²) in [5.41, 5.74) is 1.36. The molecule has 3 aliphatic rings. The van der Waals surface area contributed by atoms with Crippen LogP contribution in [0.1, 0.15) is 37.5 Å². The van der Waals surface area contributed by atoms with Crippen molar-refractivity contribution in [3.8, 4) is 0 Å². The fraction of sp³-hybridized carbons (Fsp3) is 0.522. The first-order valence-corrected chi connectivity index (χ1v) is 16.7. The minimum absolute atomic E-state index is 0.147. The van der Waals surface area contributed by atoms with Gasteiger partial charge < -0.3 is 39.1 Å². The number of imidazole rings is 1. The molecule has 1 saturated heterocycles. The van der Waals surface area contributed by atoms with E-state index in [0.717, 1.165) is 25.7 Å². The third-order valence-corrected chi connectivity index (χ3v) is 11.5. The van der Waals surface area contributed by atoms with E-state index in [2.05, 4.69) is 15.0 Å². The first-order chi connectivity index (χ1) is 19.3. The minimum Gasteiger partial charge on any atom is -0.387 e. The van der Waals surface area contributed by atoms with Crippen molar-refractivity contribution in [1.82, 2.24) is 19.5 Å². The zero-order valence-corrected chi connectivity index (χ0v) is 23.9. The maximum Gasteiger partial charge on any atom is 0.340 e. The van der Waals surface area contributed by atoms with E-state index in [0.29, 0.717) is 23.6 Å². The van der Waals surface area contributed by atoms with Crippen molar-refractivity contribution < 1.29 is 47.7 Å². The average molecular weight is 634 g/mol. The number of aliphatic hydroxyl groups excluding tert-OH is 2. The fourth-order valence-electron chi connectivity index (χ4n) is 6.19. The van der Waals surface area contributed by atoms with E-state index >= 15 is 4.39 Å². The Morgan fingerprint density at radius 3 is 2.59 bits per heavy atom. The van der Waals surface area contributed by atoms with Crippen LogP contribution in [0.4, 0.5) is 15.9 Å². The number of aliphatic hydroxyl groups is 2. The van der Waals surface area contributed by atoms with Crippen LogP contribution in [0.2, 0.25) is 5.28 Å². The van der Waals surface area contributed by atoms with Crippen molar-refractivity contribution in [3.05, 3.63) is 41.2 Å². The molecule has 1 spiro atoms. The molecule has 222 valence electrons. The van der Waals surface area contributed by atoms with Crippen LogP contribution in [0, 0.1) is 5.82 Å². The third kappa shape index (κ3) is 5.22. The summed E-state index contributed by atoms with van der Waals surface area (Å²) in [5.74, 6) is -1.36. The van der Waals surface area contributed by atoms with E-state index in [1.165, 1.54) is 17.0 Å². The van der Waals surface area contributed by atoms with Gasteiger partial charge in [-0.1, -0.05) is 18.9 Å². The third-order valence-electron chi connectivity index (χ3n) is 7.88. The van der Waals surface area contributed by atoms with Gasteiger partial charge in [-0.05, 0) is 36.6 Å². The lowest BCUT2D eigenvalue weighted by atomic mass is 9.80. The standard InChI is InChI=1S/C23H27ClFN5O9P2/c24-22-27-19(29-9-23(6-1-2-7-23)15-12(25)4-3-5-13(15)29)16-20(28-22)30(10-26-16)21-18(32)17(31)14(39-21)8-38-41(36,37)11-40(33,34)35/h3-5,10,14,17-18,21,31-32H,1-2,6-9,11H2,(H,36,37)(H2,33,34,35). The molecular formula is C23H27ClFN5O9P2. The highest BCUT2D eigenvalue weighted by atomic mass is 35.5. The molecule has 0 radical (unpaired) electrons. The second-order valence-electron chi connectivity index (χ2n) is 10.6. The van der Waals surface area contributed by atoms with E-state index in [4.69, 9.17) is 30.6 Å². The first kappa shape index (κ1) is 29.1. The number of benzene rings is 1. The zero-order chi connectivity index (χ0) is 29.3. The predicted molar refractivity (Wildman–Crippen MR) is 142 cm³/mol. The van der Waals surface area contributed by atoms with Crippen LogP contribution in [0.25, 0.3) is 11.2 Å². The molecule has 5 unspecified atom stereocenters. The van der Waals surface area contributed by atoms with Gasteiger partial charge >= 0.3 is 15.2 Å². The Morgan fingerprint density at radius 1 is 1.15 bits per heavy atom. The topological polar surface area (TPSA) is 201 Å². The van der Waals surface area contributed by atoms with Crippen LogP contribution in [0.5, 0.6) is 0 Å². The van der Waals surface area contributed by atoms with Gasteiger partial charge in [0.25, 0.3) is 0 Å². The lowest BCUT2D eigenvalue weighted by Gasteiger charge is -2.25. The molecule has 4 heterocycles. The van der Waals surface area contributed by atoms with Gasteiger partial charge in [-0.3, -0.25) is 13.7 Å². The molecule has 1 saturated carbocycles. The largest absolute Gasteiger partial charge is 0.387 e. The van der Waals surface area contributed by atoms with Crippen LogP contribution in [0.3, 0.4) is 0 Å². The normalized spacial score (nSPS) is 27.1. The molecule has 1 aliphatic carbocycles. The van der Waals surface area contributed by atoms with Crippen molar-refractivity contribution in [3.63, 3.8) is 0 Å². The van der Waals surface area contributed by atoms with E-state index in [1.54, 1.807) is 6.07 Å². The van der Waals surface area contributed by atoms with Crippen LogP contribution >= 0.6 is 26.8 Å². The molecule has 6 rings (SSSR count). The average Bonchev–Trinajstić information content (AvgIpc) is 3.64. The van der Waals surface area contributed by atoms with Crippen LogP contribution in [-0.4, -0.2) is 81.8 Å². The zero-order valence-electron chi connectivity index (χ0n) is 21.3. The van der Waals surface area contributed by atoms with E-state index in [9.17, 15) is 24.2 Å². The van der Waals surface area contributed by atoms with Gasteiger partial charge in [0.1, 0.15) is 24.1 Å². The highest BCUT2D eigenvalue weighted by Gasteiger charge is 2.49. The Balaban J connectivity index is 1.31. The Kier molecular flexibility index (Phi) is 7.30. The van der Waals surface area contributed by atoms with Crippen molar-refractivity contribution >= 4 is 49.5 Å². The Hall–Kier alpha value is -2.03. The van der Waals surface area contributed by atoms with E-state index in [-0.39, 0.29) is 27.7 Å². The summed E-state index contributed by atoms with van der Waals surface area (Å²) < 4.78 is 50.1. The van der Waals surface area contributed by atoms with E-state index in [1.807, 2.05) is 11.0 Å². The molecular weight excluding hydrogens is 607 g/mol. The molecule has 5 atom stereocenters. The summed E-state index contributed by atoms with van der Waals surface area (Å²) in [6.45, 7) is -0.274.